The summed E-state index contributed by atoms with van der Waals surface area (Å²) in [7, 11) is 0. The lowest BCUT2D eigenvalue weighted by atomic mass is 9.98. The van der Waals surface area contributed by atoms with E-state index < -0.39 is 17.3 Å². The molecule has 5 rings (SSSR count). The van der Waals surface area contributed by atoms with Gasteiger partial charge in [0, 0.05) is 49.3 Å². The lowest BCUT2D eigenvalue weighted by Gasteiger charge is -2.25. The van der Waals surface area contributed by atoms with E-state index in [4.69, 9.17) is 0 Å². The largest absolute Gasteiger partial charge is 0.416 e. The van der Waals surface area contributed by atoms with Crippen LogP contribution in [0.25, 0.3) is 11.1 Å². The maximum absolute atomic E-state index is 14.0. The first kappa shape index (κ1) is 35.6. The number of aromatic amines is 1. The molecule has 1 amide bonds. The first-order valence-electron chi connectivity index (χ1n) is 15.7. The molecule has 0 aliphatic carbocycles. The minimum atomic E-state index is -4.40. The number of thioether (sulfide) groups is 1. The summed E-state index contributed by atoms with van der Waals surface area (Å²) in [4.78, 5) is 33.3. The Morgan fingerprint density at radius 2 is 1.65 bits per heavy atom. The maximum Gasteiger partial charge on any atom is 0.416 e. The maximum atomic E-state index is 14.0. The molecule has 0 bridgehead atoms. The summed E-state index contributed by atoms with van der Waals surface area (Å²) in [6.07, 6.45) is 0.626. The first-order chi connectivity index (χ1) is 23.5. The van der Waals surface area contributed by atoms with Gasteiger partial charge in [0.1, 0.15) is 12.4 Å². The van der Waals surface area contributed by atoms with Crippen LogP contribution in [0, 0.1) is 5.82 Å². The Balaban J connectivity index is 1.38. The van der Waals surface area contributed by atoms with Crippen LogP contribution in [0.1, 0.15) is 47.6 Å². The van der Waals surface area contributed by atoms with Gasteiger partial charge in [-0.05, 0) is 58.6 Å². The van der Waals surface area contributed by atoms with E-state index in [1.54, 1.807) is 40.2 Å². The smallest absolute Gasteiger partial charge is 0.336 e. The topological polar surface area (TPSA) is 95.9 Å². The standard InChI is InChI=1S/C36H36F4N6O2S/c1-3-41-16-17-45(20-25-4-8-27(9-5-25)28-10-12-30(13-11-28)36(38,39)40)33(47)22-46-21-32(24(2)29-18-42-43-19-29)34(48)44-35(46)49-23-26-6-14-31(37)15-7-26/h4-15,18-19,21,24,41H,3,16-17,20,22-23H2,1-2H3,(H,42,43). The van der Waals surface area contributed by atoms with E-state index >= 15 is 0 Å². The van der Waals surface area contributed by atoms with Crippen LogP contribution in [0.15, 0.2) is 101 Å². The zero-order chi connectivity index (χ0) is 35.0. The zero-order valence-electron chi connectivity index (χ0n) is 27.0. The monoisotopic (exact) mass is 692 g/mol. The number of nitrogens with one attached hydrogen (secondary N) is 2. The Bertz CT molecular complexity index is 1880. The average molecular weight is 693 g/mol. The van der Waals surface area contributed by atoms with Gasteiger partial charge in [0.15, 0.2) is 5.16 Å². The van der Waals surface area contributed by atoms with Gasteiger partial charge in [0.2, 0.25) is 5.91 Å². The van der Waals surface area contributed by atoms with Gasteiger partial charge in [-0.25, -0.2) is 4.39 Å². The summed E-state index contributed by atoms with van der Waals surface area (Å²) in [5, 5.41) is 10.4. The van der Waals surface area contributed by atoms with Crippen molar-refractivity contribution < 1.29 is 22.4 Å². The Labute approximate surface area is 285 Å². The summed E-state index contributed by atoms with van der Waals surface area (Å²) in [6.45, 7) is 5.76. The van der Waals surface area contributed by atoms with Crippen molar-refractivity contribution in [3.63, 3.8) is 0 Å². The van der Waals surface area contributed by atoms with Gasteiger partial charge < -0.3 is 14.8 Å². The number of rotatable bonds is 14. The van der Waals surface area contributed by atoms with E-state index in [1.165, 1.54) is 36.0 Å². The number of carbonyl (C=O) groups is 1. The normalized spacial score (nSPS) is 12.2. The molecule has 2 heterocycles. The fraction of sp³-hybridized carbons (Fsp3) is 0.278. The van der Waals surface area contributed by atoms with Gasteiger partial charge >= 0.3 is 6.18 Å². The molecule has 256 valence electrons. The molecule has 2 aromatic heterocycles. The highest BCUT2D eigenvalue weighted by Gasteiger charge is 2.30. The van der Waals surface area contributed by atoms with Crippen LogP contribution in [0.3, 0.4) is 0 Å². The van der Waals surface area contributed by atoms with Crippen molar-refractivity contribution in [2.45, 2.75) is 49.9 Å². The SMILES string of the molecule is CCNCCN(Cc1ccc(-c2ccc(C(F)(F)F)cc2)cc1)C(=O)Cn1cc(C(C)c2cn[nH]c2)c(=O)nc1SCc1ccc(F)cc1. The highest BCUT2D eigenvalue weighted by atomic mass is 32.2. The Hall–Kier alpha value is -4.75. The van der Waals surface area contributed by atoms with Crippen molar-refractivity contribution in [3.8, 4) is 11.1 Å². The average Bonchev–Trinajstić information content (AvgIpc) is 3.64. The number of alkyl halides is 3. The summed E-state index contributed by atoms with van der Waals surface area (Å²) < 4.78 is 54.2. The molecule has 0 radical (unpaired) electrons. The second kappa shape index (κ2) is 16.1. The number of halogens is 4. The van der Waals surface area contributed by atoms with Crippen LogP contribution in [-0.4, -0.2) is 50.2 Å². The van der Waals surface area contributed by atoms with Gasteiger partial charge in [-0.2, -0.15) is 23.3 Å². The highest BCUT2D eigenvalue weighted by Crippen LogP contribution is 2.31. The lowest BCUT2D eigenvalue weighted by Crippen LogP contribution is -2.39. The second-order valence-corrected chi connectivity index (χ2v) is 12.5. The number of hydrogen-bond acceptors (Lipinski definition) is 6. The lowest BCUT2D eigenvalue weighted by molar-refractivity contribution is -0.137. The quantitative estimate of drug-likeness (QED) is 0.0571. The molecule has 1 unspecified atom stereocenters. The van der Waals surface area contributed by atoms with E-state index in [0.717, 1.165) is 40.9 Å². The molecule has 0 saturated carbocycles. The van der Waals surface area contributed by atoms with E-state index in [2.05, 4.69) is 20.5 Å². The molecule has 1 atom stereocenters. The highest BCUT2D eigenvalue weighted by molar-refractivity contribution is 7.98. The van der Waals surface area contributed by atoms with Gasteiger partial charge in [-0.15, -0.1) is 0 Å². The summed E-state index contributed by atoms with van der Waals surface area (Å²) in [6, 6.07) is 18.4. The van der Waals surface area contributed by atoms with Gasteiger partial charge in [-0.1, -0.05) is 74.1 Å². The summed E-state index contributed by atoms with van der Waals surface area (Å²) in [5.74, 6) is -0.462. The zero-order valence-corrected chi connectivity index (χ0v) is 27.8. The molecule has 0 spiro atoms. The molecule has 13 heteroatoms. The van der Waals surface area contributed by atoms with Crippen molar-refractivity contribution in [1.29, 1.82) is 0 Å². The number of amides is 1. The molecule has 0 saturated heterocycles. The molecule has 2 N–H and O–H groups in total. The van der Waals surface area contributed by atoms with Crippen LogP contribution >= 0.6 is 11.8 Å². The Kier molecular flexibility index (Phi) is 11.7. The number of likely N-dealkylation sites (N-methyl/N-ethyl adjacent to an activating group) is 1. The number of carbonyl (C=O) groups excluding carboxylic acids is 1. The third-order valence-corrected chi connectivity index (χ3v) is 9.15. The molecule has 5 aromatic rings. The van der Waals surface area contributed by atoms with Gasteiger partial charge in [-0.3, -0.25) is 14.7 Å². The van der Waals surface area contributed by atoms with Gasteiger partial charge in [0.05, 0.1) is 11.8 Å². The third kappa shape index (κ3) is 9.45. The van der Waals surface area contributed by atoms with Crippen molar-refractivity contribution in [2.75, 3.05) is 19.6 Å². The molecule has 3 aromatic carbocycles. The van der Waals surface area contributed by atoms with Crippen LogP contribution in [0.4, 0.5) is 17.6 Å². The molecule has 0 aliphatic heterocycles. The molecular weight excluding hydrogens is 656 g/mol. The second-order valence-electron chi connectivity index (χ2n) is 11.5. The van der Waals surface area contributed by atoms with Crippen molar-refractivity contribution in [1.82, 2.24) is 30.0 Å². The third-order valence-electron chi connectivity index (χ3n) is 8.09. The molecule has 49 heavy (non-hydrogen) atoms. The number of nitrogens with zero attached hydrogens (tertiary/aromatic N) is 4. The van der Waals surface area contributed by atoms with Crippen LogP contribution in [-0.2, 0) is 29.8 Å². The summed E-state index contributed by atoms with van der Waals surface area (Å²) >= 11 is 1.28. The molecule has 0 fully saturated rings. The Morgan fingerprint density at radius 3 is 2.27 bits per heavy atom. The number of hydrogen-bond donors (Lipinski definition) is 2. The van der Waals surface area contributed by atoms with Crippen LogP contribution < -0.4 is 10.9 Å². The van der Waals surface area contributed by atoms with E-state index in [1.807, 2.05) is 38.1 Å². The predicted molar refractivity (Wildman–Crippen MR) is 181 cm³/mol. The van der Waals surface area contributed by atoms with Crippen molar-refractivity contribution in [2.24, 2.45) is 0 Å². The number of benzene rings is 3. The van der Waals surface area contributed by atoms with Crippen LogP contribution in [0.2, 0.25) is 0 Å². The van der Waals surface area contributed by atoms with Crippen LogP contribution in [0.5, 0.6) is 0 Å². The first-order valence-corrected chi connectivity index (χ1v) is 16.7. The number of H-pyrrole nitrogens is 1. The minimum Gasteiger partial charge on any atom is -0.336 e. The molecule has 0 aliphatic rings. The predicted octanol–water partition coefficient (Wildman–Crippen LogP) is 6.87. The van der Waals surface area contributed by atoms with Crippen molar-refractivity contribution >= 4 is 17.7 Å². The minimum absolute atomic E-state index is 0.0834. The fourth-order valence-corrected chi connectivity index (χ4v) is 6.15. The van der Waals surface area contributed by atoms with Gasteiger partial charge in [0.25, 0.3) is 5.56 Å². The Morgan fingerprint density at radius 1 is 1.00 bits per heavy atom. The fourth-order valence-electron chi connectivity index (χ4n) is 5.23. The molecular formula is C36H36F4N6O2S. The van der Waals surface area contributed by atoms with E-state index in [0.29, 0.717) is 41.7 Å². The van der Waals surface area contributed by atoms with Crippen molar-refractivity contribution in [3.05, 3.63) is 135 Å². The summed E-state index contributed by atoms with van der Waals surface area (Å²) in [5.41, 5.74) is 3.19. The van der Waals surface area contributed by atoms with E-state index in [9.17, 15) is 27.2 Å². The van der Waals surface area contributed by atoms with E-state index in [-0.39, 0.29) is 24.2 Å². The molecule has 8 nitrogen and oxygen atoms in total. The number of aromatic nitrogens is 4.